The van der Waals surface area contributed by atoms with Crippen LogP contribution in [0.4, 0.5) is 4.39 Å². The third-order valence-corrected chi connectivity index (χ3v) is 2.17. The van der Waals surface area contributed by atoms with Gasteiger partial charge in [0, 0.05) is 11.1 Å². The highest BCUT2D eigenvalue weighted by molar-refractivity contribution is 6.02. The van der Waals surface area contributed by atoms with Crippen molar-refractivity contribution < 1.29 is 14.3 Å². The van der Waals surface area contributed by atoms with Gasteiger partial charge in [-0.25, -0.2) is 9.18 Å². The maximum absolute atomic E-state index is 13.3. The molecule has 0 fully saturated rings. The van der Waals surface area contributed by atoms with E-state index in [1.807, 2.05) is 0 Å². The Labute approximate surface area is 85.2 Å². The first-order chi connectivity index (χ1) is 7.09. The van der Waals surface area contributed by atoms with E-state index >= 15 is 0 Å². The first-order valence-electron chi connectivity index (χ1n) is 4.39. The molecule has 0 aliphatic carbocycles. The Morgan fingerprint density at radius 2 is 2.07 bits per heavy atom. The number of fused-ring (bicyclic) bond motifs is 1. The van der Waals surface area contributed by atoms with Crippen LogP contribution in [0.15, 0.2) is 24.3 Å². The monoisotopic (exact) mass is 205 g/mol. The summed E-state index contributed by atoms with van der Waals surface area (Å²) >= 11 is 0. The van der Waals surface area contributed by atoms with Gasteiger partial charge < -0.3 is 5.11 Å². The average molecular weight is 205 g/mol. The van der Waals surface area contributed by atoms with Crippen molar-refractivity contribution in [3.63, 3.8) is 0 Å². The first-order valence-corrected chi connectivity index (χ1v) is 4.39. The second kappa shape index (κ2) is 3.31. The van der Waals surface area contributed by atoms with Gasteiger partial charge in [0.15, 0.2) is 0 Å². The normalized spacial score (nSPS) is 10.5. The van der Waals surface area contributed by atoms with Gasteiger partial charge in [-0.15, -0.1) is 0 Å². The predicted molar refractivity (Wildman–Crippen MR) is 53.4 cm³/mol. The van der Waals surface area contributed by atoms with Crippen molar-refractivity contribution in [3.05, 3.63) is 41.3 Å². The smallest absolute Gasteiger partial charge is 0.339 e. The highest BCUT2D eigenvalue weighted by atomic mass is 19.1. The number of halogens is 1. The lowest BCUT2D eigenvalue weighted by Crippen LogP contribution is -2.02. The van der Waals surface area contributed by atoms with Crippen molar-refractivity contribution in [2.45, 2.75) is 6.92 Å². The lowest BCUT2D eigenvalue weighted by molar-refractivity contribution is 0.0694. The predicted octanol–water partition coefficient (Wildman–Crippen LogP) is 2.38. The standard InChI is InChI=1S/C11H8FNO2/c1-6-2-3-7-9(13-6)5-4-8(12)10(7)11(14)15/h2-5H,1H3,(H,14,15). The SMILES string of the molecule is Cc1ccc2c(C(=O)O)c(F)ccc2n1. The number of rotatable bonds is 1. The summed E-state index contributed by atoms with van der Waals surface area (Å²) in [5.41, 5.74) is 0.944. The van der Waals surface area contributed by atoms with Crippen LogP contribution in [0.5, 0.6) is 0 Å². The van der Waals surface area contributed by atoms with Gasteiger partial charge in [0.25, 0.3) is 0 Å². The van der Waals surface area contributed by atoms with Crippen molar-refractivity contribution >= 4 is 16.9 Å². The topological polar surface area (TPSA) is 50.2 Å². The van der Waals surface area contributed by atoms with Gasteiger partial charge in [-0.05, 0) is 25.1 Å². The number of aromatic nitrogens is 1. The quantitative estimate of drug-likeness (QED) is 0.777. The summed E-state index contributed by atoms with van der Waals surface area (Å²) in [5.74, 6) is -2.01. The minimum Gasteiger partial charge on any atom is -0.478 e. The number of aromatic carboxylic acids is 1. The van der Waals surface area contributed by atoms with Crippen LogP contribution in [0.3, 0.4) is 0 Å². The Hall–Kier alpha value is -1.97. The van der Waals surface area contributed by atoms with Crippen LogP contribution < -0.4 is 0 Å². The van der Waals surface area contributed by atoms with Crippen molar-refractivity contribution in [2.75, 3.05) is 0 Å². The molecule has 15 heavy (non-hydrogen) atoms. The maximum Gasteiger partial charge on any atom is 0.339 e. The fourth-order valence-electron chi connectivity index (χ4n) is 1.50. The number of aryl methyl sites for hydroxylation is 1. The second-order valence-corrected chi connectivity index (χ2v) is 3.25. The summed E-state index contributed by atoms with van der Waals surface area (Å²) in [6, 6.07) is 5.83. The van der Waals surface area contributed by atoms with Crippen molar-refractivity contribution in [3.8, 4) is 0 Å². The van der Waals surface area contributed by atoms with Crippen LogP contribution in [-0.2, 0) is 0 Å². The van der Waals surface area contributed by atoms with Crippen molar-refractivity contribution in [1.29, 1.82) is 0 Å². The van der Waals surface area contributed by atoms with Crippen LogP contribution in [0.25, 0.3) is 10.9 Å². The average Bonchev–Trinajstić information content (AvgIpc) is 2.17. The molecule has 1 N–H and O–H groups in total. The third kappa shape index (κ3) is 1.54. The molecule has 3 nitrogen and oxygen atoms in total. The molecule has 0 aliphatic rings. The molecule has 0 bridgehead atoms. The van der Waals surface area contributed by atoms with Crippen LogP contribution in [-0.4, -0.2) is 16.1 Å². The van der Waals surface area contributed by atoms with E-state index in [9.17, 15) is 9.18 Å². The molecule has 0 atom stereocenters. The van der Waals surface area contributed by atoms with E-state index in [4.69, 9.17) is 5.11 Å². The Morgan fingerprint density at radius 1 is 1.33 bits per heavy atom. The first kappa shape index (κ1) is 9.58. The lowest BCUT2D eigenvalue weighted by atomic mass is 10.1. The van der Waals surface area contributed by atoms with Crippen LogP contribution in [0.2, 0.25) is 0 Å². The molecule has 0 saturated heterocycles. The number of hydrogen-bond donors (Lipinski definition) is 1. The number of nitrogens with zero attached hydrogens (tertiary/aromatic N) is 1. The zero-order valence-corrected chi connectivity index (χ0v) is 7.99. The fraction of sp³-hybridized carbons (Fsp3) is 0.0909. The summed E-state index contributed by atoms with van der Waals surface area (Å²) in [6.07, 6.45) is 0. The van der Waals surface area contributed by atoms with E-state index in [2.05, 4.69) is 4.98 Å². The molecule has 0 unspecified atom stereocenters. The number of pyridine rings is 1. The van der Waals surface area contributed by atoms with Gasteiger partial charge in [0.1, 0.15) is 11.4 Å². The van der Waals surface area contributed by atoms with Gasteiger partial charge in [-0.2, -0.15) is 0 Å². The molecule has 0 radical (unpaired) electrons. The maximum atomic E-state index is 13.3. The molecule has 0 aliphatic heterocycles. The minimum atomic E-state index is -1.27. The molecule has 0 amide bonds. The number of carboxylic acid groups (broad SMARTS) is 1. The van der Waals surface area contributed by atoms with Gasteiger partial charge in [0.2, 0.25) is 0 Å². The Kier molecular flexibility index (Phi) is 2.11. The second-order valence-electron chi connectivity index (χ2n) is 3.25. The summed E-state index contributed by atoms with van der Waals surface area (Å²) in [4.78, 5) is 15.0. The molecule has 76 valence electrons. The minimum absolute atomic E-state index is 0.319. The molecular formula is C11H8FNO2. The zero-order valence-electron chi connectivity index (χ0n) is 7.99. The Balaban J connectivity index is 2.88. The summed E-state index contributed by atoms with van der Waals surface area (Å²) in [6.45, 7) is 1.79. The summed E-state index contributed by atoms with van der Waals surface area (Å²) in [5, 5.41) is 9.19. The fourth-order valence-corrected chi connectivity index (χ4v) is 1.50. The van der Waals surface area contributed by atoms with Gasteiger partial charge in [-0.3, -0.25) is 4.98 Å². The number of benzene rings is 1. The Bertz CT molecular complexity index is 552. The summed E-state index contributed by atoms with van der Waals surface area (Å²) in [7, 11) is 0. The van der Waals surface area contributed by atoms with Crippen molar-refractivity contribution in [2.24, 2.45) is 0 Å². The van der Waals surface area contributed by atoms with E-state index in [0.717, 1.165) is 11.8 Å². The molecule has 4 heteroatoms. The highest BCUT2D eigenvalue weighted by Crippen LogP contribution is 2.20. The number of hydrogen-bond acceptors (Lipinski definition) is 2. The largest absolute Gasteiger partial charge is 0.478 e. The van der Waals surface area contributed by atoms with E-state index in [-0.39, 0.29) is 5.56 Å². The van der Waals surface area contributed by atoms with Crippen LogP contribution in [0, 0.1) is 12.7 Å². The van der Waals surface area contributed by atoms with Gasteiger partial charge >= 0.3 is 5.97 Å². The highest BCUT2D eigenvalue weighted by Gasteiger charge is 2.14. The molecular weight excluding hydrogens is 197 g/mol. The zero-order chi connectivity index (χ0) is 11.0. The number of carboxylic acids is 1. The third-order valence-electron chi connectivity index (χ3n) is 2.17. The van der Waals surface area contributed by atoms with E-state index in [0.29, 0.717) is 10.9 Å². The Morgan fingerprint density at radius 3 is 2.73 bits per heavy atom. The van der Waals surface area contributed by atoms with Crippen molar-refractivity contribution in [1.82, 2.24) is 4.98 Å². The molecule has 0 saturated carbocycles. The van der Waals surface area contributed by atoms with Gasteiger partial charge in [-0.1, -0.05) is 6.07 Å². The van der Waals surface area contributed by atoms with Gasteiger partial charge in [0.05, 0.1) is 5.52 Å². The lowest BCUT2D eigenvalue weighted by Gasteiger charge is -2.03. The molecule has 2 rings (SSSR count). The van der Waals surface area contributed by atoms with Crippen LogP contribution >= 0.6 is 0 Å². The van der Waals surface area contributed by atoms with E-state index in [1.165, 1.54) is 6.07 Å². The van der Waals surface area contributed by atoms with E-state index < -0.39 is 11.8 Å². The number of carbonyl (C=O) groups is 1. The molecule has 1 aromatic carbocycles. The molecule has 0 spiro atoms. The van der Waals surface area contributed by atoms with E-state index in [1.54, 1.807) is 19.1 Å². The molecule has 1 aromatic heterocycles. The summed E-state index contributed by atoms with van der Waals surface area (Å²) < 4.78 is 13.3. The molecule has 2 aromatic rings. The molecule has 1 heterocycles. The van der Waals surface area contributed by atoms with Crippen LogP contribution in [0.1, 0.15) is 16.1 Å².